The number of likely N-dealkylation sites (N-methyl/N-ethyl adjacent to an activating group) is 1. The molecule has 1 aromatic rings. The number of halogens is 3. The molecule has 114 valence electrons. The number of alkyl halides is 3. The van der Waals surface area contributed by atoms with Crippen molar-refractivity contribution in [2.45, 2.75) is 31.0 Å². The number of benzene rings is 1. The Labute approximate surface area is 116 Å². The van der Waals surface area contributed by atoms with Crippen LogP contribution >= 0.6 is 0 Å². The van der Waals surface area contributed by atoms with Crippen molar-refractivity contribution >= 4 is 10.0 Å². The summed E-state index contributed by atoms with van der Waals surface area (Å²) in [4.78, 5) is -0.754. The van der Waals surface area contributed by atoms with Gasteiger partial charge in [0.25, 0.3) is 0 Å². The monoisotopic (exact) mass is 310 g/mol. The van der Waals surface area contributed by atoms with E-state index in [9.17, 15) is 21.6 Å². The van der Waals surface area contributed by atoms with Gasteiger partial charge in [-0.25, -0.2) is 13.1 Å². The zero-order valence-corrected chi connectivity index (χ0v) is 12.0. The summed E-state index contributed by atoms with van der Waals surface area (Å²) in [6.45, 7) is 4.25. The highest BCUT2D eigenvalue weighted by Crippen LogP contribution is 2.33. The SMILES string of the molecule is CCN[C@H](C)CNS(=O)(=O)c1ccccc1C(F)(F)F. The van der Waals surface area contributed by atoms with Crippen LogP contribution in [0.15, 0.2) is 29.2 Å². The first-order valence-electron chi connectivity index (χ1n) is 6.07. The molecule has 1 rings (SSSR count). The summed E-state index contributed by atoms with van der Waals surface area (Å²) in [5.41, 5.74) is -1.16. The van der Waals surface area contributed by atoms with Crippen LogP contribution in [-0.4, -0.2) is 27.5 Å². The van der Waals surface area contributed by atoms with Crippen molar-refractivity contribution in [1.82, 2.24) is 10.0 Å². The lowest BCUT2D eigenvalue weighted by molar-refractivity contribution is -0.139. The molecule has 0 heterocycles. The number of sulfonamides is 1. The number of hydrogen-bond acceptors (Lipinski definition) is 3. The second kappa shape index (κ2) is 6.55. The highest BCUT2D eigenvalue weighted by atomic mass is 32.2. The van der Waals surface area contributed by atoms with E-state index < -0.39 is 26.7 Å². The summed E-state index contributed by atoms with van der Waals surface area (Å²) in [5, 5.41) is 2.97. The molecule has 1 atom stereocenters. The van der Waals surface area contributed by atoms with Crippen LogP contribution in [0, 0.1) is 0 Å². The zero-order valence-electron chi connectivity index (χ0n) is 11.2. The summed E-state index contributed by atoms with van der Waals surface area (Å²) in [6.07, 6.45) is -4.71. The van der Waals surface area contributed by atoms with Crippen LogP contribution in [0.4, 0.5) is 13.2 Å². The summed E-state index contributed by atoms with van der Waals surface area (Å²) in [5.74, 6) is 0. The molecule has 20 heavy (non-hydrogen) atoms. The maximum atomic E-state index is 12.8. The van der Waals surface area contributed by atoms with Gasteiger partial charge in [-0.05, 0) is 25.6 Å². The minimum atomic E-state index is -4.71. The van der Waals surface area contributed by atoms with Crippen LogP contribution in [0.25, 0.3) is 0 Å². The first-order valence-corrected chi connectivity index (χ1v) is 7.56. The van der Waals surface area contributed by atoms with Crippen LogP contribution in [0.2, 0.25) is 0 Å². The van der Waals surface area contributed by atoms with Crippen LogP contribution < -0.4 is 10.0 Å². The molecule has 0 aliphatic heterocycles. The van der Waals surface area contributed by atoms with Gasteiger partial charge in [-0.1, -0.05) is 19.1 Å². The van der Waals surface area contributed by atoms with Gasteiger partial charge >= 0.3 is 6.18 Å². The van der Waals surface area contributed by atoms with Gasteiger partial charge in [0.05, 0.1) is 10.5 Å². The average molecular weight is 310 g/mol. The third-order valence-corrected chi connectivity index (χ3v) is 4.10. The van der Waals surface area contributed by atoms with Crippen molar-refractivity contribution in [2.75, 3.05) is 13.1 Å². The molecule has 0 bridgehead atoms. The Bertz CT molecular complexity index is 544. The number of hydrogen-bond donors (Lipinski definition) is 2. The lowest BCUT2D eigenvalue weighted by atomic mass is 10.2. The van der Waals surface area contributed by atoms with Crippen molar-refractivity contribution in [3.05, 3.63) is 29.8 Å². The van der Waals surface area contributed by atoms with Crippen LogP contribution in [0.1, 0.15) is 19.4 Å². The minimum Gasteiger partial charge on any atom is -0.313 e. The first-order chi connectivity index (χ1) is 9.18. The summed E-state index contributed by atoms with van der Waals surface area (Å²) < 4.78 is 64.5. The summed E-state index contributed by atoms with van der Waals surface area (Å²) in [7, 11) is -4.20. The fourth-order valence-corrected chi connectivity index (χ4v) is 3.02. The molecular formula is C12H17F3N2O2S. The Morgan fingerprint density at radius 3 is 2.40 bits per heavy atom. The molecule has 0 amide bonds. The fourth-order valence-electron chi connectivity index (χ4n) is 1.67. The van der Waals surface area contributed by atoms with Crippen molar-refractivity contribution in [3.63, 3.8) is 0 Å². The van der Waals surface area contributed by atoms with Crippen molar-refractivity contribution in [2.24, 2.45) is 0 Å². The zero-order chi connectivity index (χ0) is 15.4. The van der Waals surface area contributed by atoms with Crippen LogP contribution in [-0.2, 0) is 16.2 Å². The third kappa shape index (κ3) is 4.46. The van der Waals surface area contributed by atoms with Crippen LogP contribution in [0.5, 0.6) is 0 Å². The average Bonchev–Trinajstić information content (AvgIpc) is 2.36. The number of rotatable bonds is 6. The van der Waals surface area contributed by atoms with Gasteiger partial charge in [-0.3, -0.25) is 0 Å². The molecule has 0 aromatic heterocycles. The molecule has 0 spiro atoms. The van der Waals surface area contributed by atoms with E-state index in [0.29, 0.717) is 6.54 Å². The lowest BCUT2D eigenvalue weighted by Crippen LogP contribution is -2.39. The predicted molar refractivity (Wildman–Crippen MR) is 69.8 cm³/mol. The van der Waals surface area contributed by atoms with Crippen molar-refractivity contribution in [3.8, 4) is 0 Å². The van der Waals surface area contributed by atoms with E-state index in [1.807, 2.05) is 6.92 Å². The van der Waals surface area contributed by atoms with E-state index in [1.165, 1.54) is 6.07 Å². The molecular weight excluding hydrogens is 293 g/mol. The molecule has 0 aliphatic carbocycles. The van der Waals surface area contributed by atoms with E-state index in [4.69, 9.17) is 0 Å². The topological polar surface area (TPSA) is 58.2 Å². The molecule has 0 unspecified atom stereocenters. The molecule has 0 fully saturated rings. The van der Waals surface area contributed by atoms with E-state index in [-0.39, 0.29) is 12.6 Å². The van der Waals surface area contributed by atoms with E-state index in [1.54, 1.807) is 6.92 Å². The van der Waals surface area contributed by atoms with E-state index in [2.05, 4.69) is 10.0 Å². The summed E-state index contributed by atoms with van der Waals surface area (Å²) in [6, 6.07) is 3.94. The molecule has 0 saturated carbocycles. The number of nitrogens with one attached hydrogen (secondary N) is 2. The molecule has 4 nitrogen and oxygen atoms in total. The van der Waals surface area contributed by atoms with Gasteiger partial charge in [0, 0.05) is 12.6 Å². The van der Waals surface area contributed by atoms with Gasteiger partial charge in [-0.2, -0.15) is 13.2 Å². The predicted octanol–water partition coefficient (Wildman–Crippen LogP) is 1.98. The van der Waals surface area contributed by atoms with Gasteiger partial charge in [-0.15, -0.1) is 0 Å². The van der Waals surface area contributed by atoms with Gasteiger partial charge in [0.1, 0.15) is 0 Å². The second-order valence-corrected chi connectivity index (χ2v) is 6.04. The third-order valence-electron chi connectivity index (χ3n) is 2.61. The molecule has 1 aromatic carbocycles. The quantitative estimate of drug-likeness (QED) is 0.845. The molecule has 2 N–H and O–H groups in total. The maximum absolute atomic E-state index is 12.8. The smallest absolute Gasteiger partial charge is 0.313 e. The first kappa shape index (κ1) is 16.9. The minimum absolute atomic E-state index is 0.0162. The molecule has 0 aliphatic rings. The van der Waals surface area contributed by atoms with Gasteiger partial charge in [0.2, 0.25) is 10.0 Å². The Morgan fingerprint density at radius 2 is 1.85 bits per heavy atom. The summed E-state index contributed by atoms with van der Waals surface area (Å²) >= 11 is 0. The van der Waals surface area contributed by atoms with Crippen molar-refractivity contribution < 1.29 is 21.6 Å². The highest BCUT2D eigenvalue weighted by molar-refractivity contribution is 7.89. The van der Waals surface area contributed by atoms with E-state index >= 15 is 0 Å². The molecule has 0 saturated heterocycles. The van der Waals surface area contributed by atoms with Gasteiger partial charge < -0.3 is 5.32 Å². The Balaban J connectivity index is 2.99. The van der Waals surface area contributed by atoms with Crippen molar-refractivity contribution in [1.29, 1.82) is 0 Å². The Kier molecular flexibility index (Phi) is 5.55. The normalized spacial score (nSPS) is 14.2. The fraction of sp³-hybridized carbons (Fsp3) is 0.500. The molecule has 8 heteroatoms. The standard InChI is InChI=1S/C12H17F3N2O2S/c1-3-16-9(2)8-17-20(18,19)11-7-5-4-6-10(11)12(13,14)15/h4-7,9,16-17H,3,8H2,1-2H3/t9-/m1/s1. The lowest BCUT2D eigenvalue weighted by Gasteiger charge is -2.16. The Hall–Kier alpha value is -1.12. The molecule has 0 radical (unpaired) electrons. The maximum Gasteiger partial charge on any atom is 0.417 e. The Morgan fingerprint density at radius 1 is 1.25 bits per heavy atom. The largest absolute Gasteiger partial charge is 0.417 e. The van der Waals surface area contributed by atoms with Gasteiger partial charge in [0.15, 0.2) is 0 Å². The highest BCUT2D eigenvalue weighted by Gasteiger charge is 2.36. The van der Waals surface area contributed by atoms with Crippen LogP contribution in [0.3, 0.4) is 0 Å². The van der Waals surface area contributed by atoms with E-state index in [0.717, 1.165) is 18.2 Å². The second-order valence-electron chi connectivity index (χ2n) is 4.30.